The van der Waals surface area contributed by atoms with Crippen LogP contribution in [0.25, 0.3) is 22.3 Å². The molecule has 0 amide bonds. The van der Waals surface area contributed by atoms with Crippen molar-refractivity contribution in [3.63, 3.8) is 0 Å². The minimum absolute atomic E-state index is 0.164. The SMILES string of the molecule is COc1cncc(-c2nc3ccccc3c(=O)[nH]2)c1. The summed E-state index contributed by atoms with van der Waals surface area (Å²) in [6.45, 7) is 0. The first-order valence-corrected chi connectivity index (χ1v) is 5.76. The highest BCUT2D eigenvalue weighted by atomic mass is 16.5. The monoisotopic (exact) mass is 253 g/mol. The van der Waals surface area contributed by atoms with E-state index in [0.717, 1.165) is 0 Å². The Morgan fingerprint density at radius 2 is 2.05 bits per heavy atom. The molecule has 1 aromatic carbocycles. The fourth-order valence-corrected chi connectivity index (χ4v) is 1.88. The van der Waals surface area contributed by atoms with E-state index >= 15 is 0 Å². The predicted octanol–water partition coefficient (Wildman–Crippen LogP) is 1.99. The third kappa shape index (κ3) is 2.06. The van der Waals surface area contributed by atoms with Crippen LogP contribution in [0.2, 0.25) is 0 Å². The van der Waals surface area contributed by atoms with Gasteiger partial charge in [-0.1, -0.05) is 12.1 Å². The van der Waals surface area contributed by atoms with Crippen LogP contribution in [0.15, 0.2) is 47.5 Å². The summed E-state index contributed by atoms with van der Waals surface area (Å²) in [4.78, 5) is 23.2. The summed E-state index contributed by atoms with van der Waals surface area (Å²) >= 11 is 0. The zero-order valence-electron chi connectivity index (χ0n) is 10.3. The molecule has 94 valence electrons. The molecule has 0 aliphatic rings. The number of nitrogens with one attached hydrogen (secondary N) is 1. The number of hydrogen-bond acceptors (Lipinski definition) is 4. The Kier molecular flexibility index (Phi) is 2.72. The van der Waals surface area contributed by atoms with Gasteiger partial charge in [0, 0.05) is 11.8 Å². The minimum atomic E-state index is -0.164. The Morgan fingerprint density at radius 1 is 1.21 bits per heavy atom. The van der Waals surface area contributed by atoms with Gasteiger partial charge in [0.1, 0.15) is 11.6 Å². The number of rotatable bonds is 2. The van der Waals surface area contributed by atoms with Crippen molar-refractivity contribution in [3.8, 4) is 17.1 Å². The smallest absolute Gasteiger partial charge is 0.259 e. The van der Waals surface area contributed by atoms with Crippen LogP contribution >= 0.6 is 0 Å². The number of benzene rings is 1. The van der Waals surface area contributed by atoms with E-state index in [9.17, 15) is 4.79 Å². The van der Waals surface area contributed by atoms with Gasteiger partial charge in [0.05, 0.1) is 24.2 Å². The lowest BCUT2D eigenvalue weighted by Crippen LogP contribution is -2.09. The Hall–Kier alpha value is -2.69. The highest BCUT2D eigenvalue weighted by Gasteiger charge is 2.06. The van der Waals surface area contributed by atoms with Crippen LogP contribution in [-0.4, -0.2) is 22.1 Å². The maximum Gasteiger partial charge on any atom is 0.259 e. The van der Waals surface area contributed by atoms with Crippen molar-refractivity contribution in [2.24, 2.45) is 0 Å². The van der Waals surface area contributed by atoms with Crippen LogP contribution in [0.5, 0.6) is 5.75 Å². The Labute approximate surface area is 108 Å². The molecule has 0 saturated heterocycles. The predicted molar refractivity (Wildman–Crippen MR) is 72.1 cm³/mol. The maximum atomic E-state index is 12.0. The summed E-state index contributed by atoms with van der Waals surface area (Å²) in [6, 6.07) is 8.99. The Balaban J connectivity index is 2.22. The number of para-hydroxylation sites is 1. The lowest BCUT2D eigenvalue weighted by molar-refractivity contribution is 0.413. The maximum absolute atomic E-state index is 12.0. The molecule has 0 bridgehead atoms. The van der Waals surface area contributed by atoms with E-state index < -0.39 is 0 Å². The molecule has 5 heteroatoms. The molecular formula is C14H11N3O2. The summed E-state index contributed by atoms with van der Waals surface area (Å²) in [5, 5.41) is 0.571. The van der Waals surface area contributed by atoms with Gasteiger partial charge in [0.2, 0.25) is 0 Å². The molecule has 0 spiro atoms. The van der Waals surface area contributed by atoms with Crippen LogP contribution in [0.1, 0.15) is 0 Å². The molecule has 3 rings (SSSR count). The Morgan fingerprint density at radius 3 is 2.89 bits per heavy atom. The van der Waals surface area contributed by atoms with E-state index in [1.54, 1.807) is 31.6 Å². The number of methoxy groups -OCH3 is 1. The quantitative estimate of drug-likeness (QED) is 0.758. The van der Waals surface area contributed by atoms with Crippen molar-refractivity contribution in [3.05, 3.63) is 53.1 Å². The van der Waals surface area contributed by atoms with Crippen LogP contribution in [-0.2, 0) is 0 Å². The molecule has 2 aromatic heterocycles. The summed E-state index contributed by atoms with van der Waals surface area (Å²) in [5.74, 6) is 1.10. The average molecular weight is 253 g/mol. The van der Waals surface area contributed by atoms with E-state index in [0.29, 0.717) is 28.0 Å². The van der Waals surface area contributed by atoms with E-state index in [2.05, 4.69) is 15.0 Å². The normalized spacial score (nSPS) is 10.6. The molecule has 0 atom stereocenters. The third-order valence-electron chi connectivity index (χ3n) is 2.84. The minimum Gasteiger partial charge on any atom is -0.495 e. The van der Waals surface area contributed by atoms with Crippen molar-refractivity contribution in [1.29, 1.82) is 0 Å². The van der Waals surface area contributed by atoms with Crippen molar-refractivity contribution in [2.75, 3.05) is 7.11 Å². The number of aromatic nitrogens is 3. The first-order chi connectivity index (χ1) is 9.28. The van der Waals surface area contributed by atoms with Crippen LogP contribution in [0.3, 0.4) is 0 Å². The molecule has 1 N–H and O–H groups in total. The lowest BCUT2D eigenvalue weighted by Gasteiger charge is -2.04. The molecule has 0 unspecified atom stereocenters. The zero-order chi connectivity index (χ0) is 13.2. The first-order valence-electron chi connectivity index (χ1n) is 5.76. The van der Waals surface area contributed by atoms with Crippen molar-refractivity contribution >= 4 is 10.9 Å². The number of nitrogens with zero attached hydrogens (tertiary/aromatic N) is 2. The number of fused-ring (bicyclic) bond motifs is 1. The largest absolute Gasteiger partial charge is 0.495 e. The van der Waals surface area contributed by atoms with E-state index in [4.69, 9.17) is 4.74 Å². The van der Waals surface area contributed by atoms with Crippen molar-refractivity contribution < 1.29 is 4.74 Å². The van der Waals surface area contributed by atoms with E-state index in [1.807, 2.05) is 18.2 Å². The van der Waals surface area contributed by atoms with Gasteiger partial charge in [-0.05, 0) is 18.2 Å². The van der Waals surface area contributed by atoms with Crippen LogP contribution in [0.4, 0.5) is 0 Å². The molecule has 0 aliphatic carbocycles. The zero-order valence-corrected chi connectivity index (χ0v) is 10.3. The summed E-state index contributed by atoms with van der Waals surface area (Å²) in [5.41, 5.74) is 1.20. The molecule has 5 nitrogen and oxygen atoms in total. The molecule has 0 aliphatic heterocycles. The second-order valence-electron chi connectivity index (χ2n) is 4.05. The van der Waals surface area contributed by atoms with Gasteiger partial charge < -0.3 is 9.72 Å². The first kappa shape index (κ1) is 11.4. The number of hydrogen-bond donors (Lipinski definition) is 1. The molecule has 2 heterocycles. The van der Waals surface area contributed by atoms with Crippen LogP contribution < -0.4 is 10.3 Å². The van der Waals surface area contributed by atoms with Crippen LogP contribution in [0, 0.1) is 0 Å². The van der Waals surface area contributed by atoms with Crippen molar-refractivity contribution in [1.82, 2.24) is 15.0 Å². The van der Waals surface area contributed by atoms with Crippen molar-refractivity contribution in [2.45, 2.75) is 0 Å². The average Bonchev–Trinajstić information content (AvgIpc) is 2.47. The number of aromatic amines is 1. The second kappa shape index (κ2) is 4.53. The number of pyridine rings is 1. The van der Waals surface area contributed by atoms with Gasteiger partial charge in [-0.2, -0.15) is 0 Å². The second-order valence-corrected chi connectivity index (χ2v) is 4.05. The topological polar surface area (TPSA) is 67.9 Å². The van der Waals surface area contributed by atoms with Gasteiger partial charge in [0.25, 0.3) is 5.56 Å². The van der Waals surface area contributed by atoms with Gasteiger partial charge in [-0.3, -0.25) is 9.78 Å². The standard InChI is InChI=1S/C14H11N3O2/c1-19-10-6-9(7-15-8-10)13-16-12-5-3-2-4-11(12)14(18)17-13/h2-8H,1H3,(H,16,17,18). The molecule has 3 aromatic rings. The fraction of sp³-hybridized carbons (Fsp3) is 0.0714. The van der Waals surface area contributed by atoms with E-state index in [-0.39, 0.29) is 5.56 Å². The van der Waals surface area contributed by atoms with Gasteiger partial charge in [-0.15, -0.1) is 0 Å². The Bertz CT molecular complexity index is 796. The third-order valence-corrected chi connectivity index (χ3v) is 2.84. The number of ether oxygens (including phenoxy) is 1. The highest BCUT2D eigenvalue weighted by molar-refractivity contribution is 5.79. The van der Waals surface area contributed by atoms with E-state index in [1.165, 1.54) is 0 Å². The highest BCUT2D eigenvalue weighted by Crippen LogP contribution is 2.19. The van der Waals surface area contributed by atoms with Gasteiger partial charge in [-0.25, -0.2) is 4.98 Å². The summed E-state index contributed by atoms with van der Waals surface area (Å²) < 4.78 is 5.11. The molecular weight excluding hydrogens is 242 g/mol. The summed E-state index contributed by atoms with van der Waals surface area (Å²) in [6.07, 6.45) is 3.23. The molecule has 0 saturated carbocycles. The molecule has 0 radical (unpaired) electrons. The summed E-state index contributed by atoms with van der Waals surface area (Å²) in [7, 11) is 1.57. The molecule has 0 fully saturated rings. The molecule has 19 heavy (non-hydrogen) atoms. The van der Waals surface area contributed by atoms with Gasteiger partial charge in [0.15, 0.2) is 0 Å². The van der Waals surface area contributed by atoms with Gasteiger partial charge >= 0.3 is 0 Å². The number of H-pyrrole nitrogens is 1. The lowest BCUT2D eigenvalue weighted by atomic mass is 10.2. The fourth-order valence-electron chi connectivity index (χ4n) is 1.88.